The van der Waals surface area contributed by atoms with Gasteiger partial charge in [0, 0.05) is 24.0 Å². The number of fused-ring (bicyclic) bond motifs is 1. The Kier molecular flexibility index (Phi) is 6.75. The van der Waals surface area contributed by atoms with Crippen molar-refractivity contribution in [3.63, 3.8) is 0 Å². The van der Waals surface area contributed by atoms with Gasteiger partial charge in [-0.3, -0.25) is 4.79 Å². The number of carbonyl (C=O) groups is 1. The molecule has 5 heteroatoms. The van der Waals surface area contributed by atoms with Crippen LogP contribution in [0.4, 0.5) is 0 Å². The highest BCUT2D eigenvalue weighted by molar-refractivity contribution is 5.85. The second kappa shape index (κ2) is 9.25. The van der Waals surface area contributed by atoms with E-state index in [0.717, 1.165) is 48.4 Å². The normalized spacial score (nSPS) is 20.9. The Morgan fingerprint density at radius 3 is 2.74 bits per heavy atom. The van der Waals surface area contributed by atoms with E-state index in [4.69, 9.17) is 4.74 Å². The van der Waals surface area contributed by atoms with Crippen LogP contribution in [0, 0.1) is 5.92 Å². The lowest BCUT2D eigenvalue weighted by Crippen LogP contribution is -2.32. The molecule has 2 aliphatic rings. The van der Waals surface area contributed by atoms with Gasteiger partial charge < -0.3 is 15.4 Å². The van der Waals surface area contributed by atoms with Crippen LogP contribution >= 0.6 is 12.4 Å². The van der Waals surface area contributed by atoms with Gasteiger partial charge in [0.2, 0.25) is 5.91 Å². The Balaban J connectivity index is 0.00000210. The van der Waals surface area contributed by atoms with E-state index in [1.807, 2.05) is 18.2 Å². The van der Waals surface area contributed by atoms with Crippen LogP contribution in [0.3, 0.4) is 0 Å². The SMILES string of the molecule is Cl.O=C(CCC1CCNC1)NC1CCOc2c(-c3ccccc3)cccc21. The minimum Gasteiger partial charge on any atom is -0.492 e. The smallest absolute Gasteiger partial charge is 0.220 e. The summed E-state index contributed by atoms with van der Waals surface area (Å²) in [5, 5.41) is 6.60. The first-order valence-electron chi connectivity index (χ1n) is 9.62. The van der Waals surface area contributed by atoms with E-state index >= 15 is 0 Å². The van der Waals surface area contributed by atoms with Gasteiger partial charge in [0.25, 0.3) is 0 Å². The molecular weight excluding hydrogens is 360 g/mol. The van der Waals surface area contributed by atoms with E-state index in [-0.39, 0.29) is 24.4 Å². The summed E-state index contributed by atoms with van der Waals surface area (Å²) in [5.74, 6) is 1.71. The third kappa shape index (κ3) is 4.63. The van der Waals surface area contributed by atoms with Gasteiger partial charge in [-0.25, -0.2) is 0 Å². The lowest BCUT2D eigenvalue weighted by Gasteiger charge is -2.28. The number of hydrogen-bond donors (Lipinski definition) is 2. The number of carbonyl (C=O) groups excluding carboxylic acids is 1. The fourth-order valence-corrected chi connectivity index (χ4v) is 3.98. The highest BCUT2D eigenvalue weighted by Gasteiger charge is 2.25. The van der Waals surface area contributed by atoms with Crippen LogP contribution in [0.1, 0.15) is 37.3 Å². The lowest BCUT2D eigenvalue weighted by molar-refractivity contribution is -0.122. The summed E-state index contributed by atoms with van der Waals surface area (Å²) >= 11 is 0. The molecule has 4 rings (SSSR count). The molecule has 2 heterocycles. The molecule has 0 aliphatic carbocycles. The molecule has 0 aromatic heterocycles. The third-order valence-electron chi connectivity index (χ3n) is 5.44. The molecular formula is C22H27ClN2O2. The van der Waals surface area contributed by atoms with E-state index in [1.54, 1.807) is 0 Å². The van der Waals surface area contributed by atoms with Gasteiger partial charge in [0.05, 0.1) is 12.6 Å². The Bertz CT molecular complexity index is 760. The van der Waals surface area contributed by atoms with Gasteiger partial charge in [-0.05, 0) is 37.4 Å². The summed E-state index contributed by atoms with van der Waals surface area (Å²) < 4.78 is 6.00. The second-order valence-electron chi connectivity index (χ2n) is 7.24. The fourth-order valence-electron chi connectivity index (χ4n) is 3.98. The molecule has 2 N–H and O–H groups in total. The molecule has 2 aliphatic heterocycles. The number of benzene rings is 2. The molecule has 0 radical (unpaired) electrons. The Hall–Kier alpha value is -2.04. The largest absolute Gasteiger partial charge is 0.492 e. The number of para-hydroxylation sites is 1. The first-order valence-corrected chi connectivity index (χ1v) is 9.62. The van der Waals surface area contributed by atoms with Crippen molar-refractivity contribution in [2.75, 3.05) is 19.7 Å². The molecule has 1 amide bonds. The van der Waals surface area contributed by atoms with Crippen LogP contribution < -0.4 is 15.4 Å². The van der Waals surface area contributed by atoms with Gasteiger partial charge in [-0.2, -0.15) is 0 Å². The molecule has 0 bridgehead atoms. The third-order valence-corrected chi connectivity index (χ3v) is 5.44. The zero-order valence-electron chi connectivity index (χ0n) is 15.4. The molecule has 0 spiro atoms. The predicted octanol–water partition coefficient (Wildman–Crippen LogP) is 4.10. The van der Waals surface area contributed by atoms with Crippen LogP contribution in [0.25, 0.3) is 11.1 Å². The van der Waals surface area contributed by atoms with Crippen molar-refractivity contribution >= 4 is 18.3 Å². The summed E-state index contributed by atoms with van der Waals surface area (Å²) in [7, 11) is 0. The Labute approximate surface area is 167 Å². The predicted molar refractivity (Wildman–Crippen MR) is 110 cm³/mol. The number of halogens is 1. The molecule has 0 saturated carbocycles. The lowest BCUT2D eigenvalue weighted by atomic mass is 9.94. The standard InChI is InChI=1S/C22H26N2O2.ClH/c25-21(10-9-16-11-13-23-15-16)24-20-12-14-26-22-18(7-4-8-19(20)22)17-5-2-1-3-6-17;/h1-8,16,20,23H,9-15H2,(H,24,25);1H. The van der Waals surface area contributed by atoms with Crippen molar-refractivity contribution < 1.29 is 9.53 Å². The number of hydrogen-bond acceptors (Lipinski definition) is 3. The van der Waals surface area contributed by atoms with Crippen LogP contribution in [0.15, 0.2) is 48.5 Å². The van der Waals surface area contributed by atoms with Gasteiger partial charge in [-0.15, -0.1) is 12.4 Å². The van der Waals surface area contributed by atoms with Crippen molar-refractivity contribution in [1.29, 1.82) is 0 Å². The Morgan fingerprint density at radius 2 is 1.96 bits per heavy atom. The molecule has 2 atom stereocenters. The zero-order valence-corrected chi connectivity index (χ0v) is 16.3. The van der Waals surface area contributed by atoms with Crippen LogP contribution in [0.2, 0.25) is 0 Å². The summed E-state index contributed by atoms with van der Waals surface area (Å²) in [6.45, 7) is 2.77. The van der Waals surface area contributed by atoms with Crippen LogP contribution in [0.5, 0.6) is 5.75 Å². The van der Waals surface area contributed by atoms with Crippen molar-refractivity contribution in [2.24, 2.45) is 5.92 Å². The minimum absolute atomic E-state index is 0. The summed E-state index contributed by atoms with van der Waals surface area (Å²) in [4.78, 5) is 12.5. The van der Waals surface area contributed by atoms with Crippen molar-refractivity contribution in [1.82, 2.24) is 10.6 Å². The average molecular weight is 387 g/mol. The van der Waals surface area contributed by atoms with Crippen molar-refractivity contribution in [3.05, 3.63) is 54.1 Å². The van der Waals surface area contributed by atoms with Gasteiger partial charge >= 0.3 is 0 Å². The van der Waals surface area contributed by atoms with Crippen LogP contribution in [-0.4, -0.2) is 25.6 Å². The molecule has 4 nitrogen and oxygen atoms in total. The number of nitrogens with one attached hydrogen (secondary N) is 2. The molecule has 1 saturated heterocycles. The van der Waals surface area contributed by atoms with E-state index in [1.165, 1.54) is 6.42 Å². The van der Waals surface area contributed by atoms with Crippen molar-refractivity contribution in [3.8, 4) is 16.9 Å². The topological polar surface area (TPSA) is 50.4 Å². The molecule has 2 aromatic rings. The summed E-state index contributed by atoms with van der Waals surface area (Å²) in [5.41, 5.74) is 3.33. The maximum Gasteiger partial charge on any atom is 0.220 e. The van der Waals surface area contributed by atoms with E-state index in [0.29, 0.717) is 18.9 Å². The fraction of sp³-hybridized carbons (Fsp3) is 0.409. The molecule has 2 unspecified atom stereocenters. The first kappa shape index (κ1) is 19.7. The minimum atomic E-state index is 0. The molecule has 1 fully saturated rings. The van der Waals surface area contributed by atoms with E-state index in [9.17, 15) is 4.79 Å². The van der Waals surface area contributed by atoms with Gasteiger partial charge in [0.1, 0.15) is 5.75 Å². The van der Waals surface area contributed by atoms with Crippen LogP contribution in [-0.2, 0) is 4.79 Å². The summed E-state index contributed by atoms with van der Waals surface area (Å²) in [6.07, 6.45) is 3.59. The quantitative estimate of drug-likeness (QED) is 0.813. The maximum atomic E-state index is 12.5. The number of amides is 1. The average Bonchev–Trinajstić information content (AvgIpc) is 3.21. The molecule has 144 valence electrons. The van der Waals surface area contributed by atoms with Gasteiger partial charge in [0.15, 0.2) is 0 Å². The number of ether oxygens (including phenoxy) is 1. The highest BCUT2D eigenvalue weighted by Crippen LogP contribution is 2.40. The van der Waals surface area contributed by atoms with Crippen molar-refractivity contribution in [2.45, 2.75) is 31.7 Å². The van der Waals surface area contributed by atoms with E-state index in [2.05, 4.69) is 41.0 Å². The highest BCUT2D eigenvalue weighted by atomic mass is 35.5. The van der Waals surface area contributed by atoms with E-state index < -0.39 is 0 Å². The maximum absolute atomic E-state index is 12.5. The zero-order chi connectivity index (χ0) is 17.8. The molecule has 2 aromatic carbocycles. The first-order chi connectivity index (χ1) is 12.8. The molecule has 27 heavy (non-hydrogen) atoms. The monoisotopic (exact) mass is 386 g/mol. The summed E-state index contributed by atoms with van der Waals surface area (Å²) in [6, 6.07) is 16.5. The van der Waals surface area contributed by atoms with Gasteiger partial charge in [-0.1, -0.05) is 48.5 Å². The Morgan fingerprint density at radius 1 is 1.11 bits per heavy atom. The second-order valence-corrected chi connectivity index (χ2v) is 7.24. The number of rotatable bonds is 5.